The van der Waals surface area contributed by atoms with Gasteiger partial charge < -0.3 is 14.3 Å². The molecule has 5 heteroatoms. The lowest BCUT2D eigenvalue weighted by atomic mass is 10.2. The Kier molecular flexibility index (Phi) is 4.04. The summed E-state index contributed by atoms with van der Waals surface area (Å²) in [6.45, 7) is 3.58. The molecule has 1 N–H and O–H groups in total. The Morgan fingerprint density at radius 2 is 2.44 bits per heavy atom. The van der Waals surface area contributed by atoms with Gasteiger partial charge in [-0.2, -0.15) is 0 Å². The molecule has 0 unspecified atom stereocenters. The fourth-order valence-electron chi connectivity index (χ4n) is 2.43. The second-order valence-electron chi connectivity index (χ2n) is 4.67. The van der Waals surface area contributed by atoms with Crippen molar-refractivity contribution in [2.45, 2.75) is 32.4 Å². The maximum atomic E-state index is 11.4. The summed E-state index contributed by atoms with van der Waals surface area (Å²) in [6, 6.07) is 2.07. The van der Waals surface area contributed by atoms with E-state index in [1.165, 1.54) is 7.11 Å². The first-order chi connectivity index (χ1) is 8.65. The molecule has 0 aliphatic carbocycles. The number of rotatable bonds is 4. The minimum Gasteiger partial charge on any atom is -0.463 e. The van der Waals surface area contributed by atoms with E-state index in [1.807, 2.05) is 13.0 Å². The van der Waals surface area contributed by atoms with Gasteiger partial charge >= 0.3 is 5.97 Å². The van der Waals surface area contributed by atoms with Gasteiger partial charge in [0.2, 0.25) is 5.76 Å². The Hall–Kier alpha value is -1.33. The summed E-state index contributed by atoms with van der Waals surface area (Å²) >= 11 is 0. The topological polar surface area (TPSA) is 62.9 Å². The normalized spacial score (nSPS) is 20.3. The second-order valence-corrected chi connectivity index (χ2v) is 4.67. The van der Waals surface area contributed by atoms with E-state index in [4.69, 9.17) is 4.42 Å². The van der Waals surface area contributed by atoms with Crippen molar-refractivity contribution in [3.05, 3.63) is 23.2 Å². The highest BCUT2D eigenvalue weighted by Gasteiger charge is 2.25. The van der Waals surface area contributed by atoms with E-state index in [2.05, 4.69) is 9.64 Å². The number of esters is 1. The third-order valence-corrected chi connectivity index (χ3v) is 3.41. The van der Waals surface area contributed by atoms with Gasteiger partial charge in [-0.3, -0.25) is 4.90 Å². The maximum Gasteiger partial charge on any atom is 0.374 e. The quantitative estimate of drug-likeness (QED) is 0.820. The highest BCUT2D eigenvalue weighted by atomic mass is 16.5. The van der Waals surface area contributed by atoms with E-state index in [-0.39, 0.29) is 18.4 Å². The Morgan fingerprint density at radius 1 is 1.67 bits per heavy atom. The van der Waals surface area contributed by atoms with E-state index in [1.54, 1.807) is 0 Å². The molecule has 0 saturated carbocycles. The van der Waals surface area contributed by atoms with Crippen LogP contribution in [0.25, 0.3) is 0 Å². The van der Waals surface area contributed by atoms with Gasteiger partial charge in [-0.25, -0.2) is 4.79 Å². The Bertz CT molecular complexity index is 427. The number of carbonyl (C=O) groups excluding carboxylic acids is 1. The Balaban J connectivity index is 2.08. The lowest BCUT2D eigenvalue weighted by Gasteiger charge is -2.21. The zero-order valence-electron chi connectivity index (χ0n) is 10.8. The van der Waals surface area contributed by atoms with Crippen LogP contribution >= 0.6 is 0 Å². The molecule has 2 heterocycles. The van der Waals surface area contributed by atoms with E-state index in [9.17, 15) is 9.90 Å². The standard InChI is InChI=1S/C13H19NO4/c1-9-6-11(18-12(9)13(16)17-2)7-14-5-3-4-10(14)8-15/h6,10,15H,3-5,7-8H2,1-2H3/t10-/m1/s1. The molecule has 0 aromatic carbocycles. The second kappa shape index (κ2) is 5.54. The first-order valence-electron chi connectivity index (χ1n) is 6.18. The lowest BCUT2D eigenvalue weighted by molar-refractivity contribution is 0.0558. The number of aliphatic hydroxyl groups excluding tert-OH is 1. The van der Waals surface area contributed by atoms with Gasteiger partial charge in [-0.1, -0.05) is 0 Å². The molecule has 0 spiro atoms. The Morgan fingerprint density at radius 3 is 3.11 bits per heavy atom. The third-order valence-electron chi connectivity index (χ3n) is 3.41. The summed E-state index contributed by atoms with van der Waals surface area (Å²) in [5, 5.41) is 9.25. The van der Waals surface area contributed by atoms with Crippen LogP contribution in [0.3, 0.4) is 0 Å². The fourth-order valence-corrected chi connectivity index (χ4v) is 2.43. The molecule has 1 saturated heterocycles. The number of ether oxygens (including phenoxy) is 1. The molecular formula is C13H19NO4. The van der Waals surface area contributed by atoms with Gasteiger partial charge in [0.25, 0.3) is 0 Å². The SMILES string of the molecule is COC(=O)c1oc(CN2CCC[C@@H]2CO)cc1C. The minimum absolute atomic E-state index is 0.170. The number of likely N-dealkylation sites (tertiary alicyclic amines) is 1. The molecular weight excluding hydrogens is 234 g/mol. The number of nitrogens with zero attached hydrogens (tertiary/aromatic N) is 1. The third kappa shape index (κ3) is 2.57. The summed E-state index contributed by atoms with van der Waals surface area (Å²) in [5.41, 5.74) is 0.789. The van der Waals surface area contributed by atoms with Crippen molar-refractivity contribution >= 4 is 5.97 Å². The molecule has 1 fully saturated rings. The van der Waals surface area contributed by atoms with Crippen molar-refractivity contribution in [3.8, 4) is 0 Å². The van der Waals surface area contributed by atoms with Crippen LogP contribution in [0.4, 0.5) is 0 Å². The molecule has 5 nitrogen and oxygen atoms in total. The zero-order valence-corrected chi connectivity index (χ0v) is 10.8. The molecule has 18 heavy (non-hydrogen) atoms. The summed E-state index contributed by atoms with van der Waals surface area (Å²) < 4.78 is 10.2. The Labute approximate surface area is 106 Å². The van der Waals surface area contributed by atoms with E-state index >= 15 is 0 Å². The van der Waals surface area contributed by atoms with Crippen LogP contribution in [0.15, 0.2) is 10.5 Å². The van der Waals surface area contributed by atoms with Crippen LogP contribution in [0.1, 0.15) is 34.7 Å². The number of hydrogen-bond acceptors (Lipinski definition) is 5. The number of carbonyl (C=O) groups is 1. The van der Waals surface area contributed by atoms with Gasteiger partial charge in [-0.05, 0) is 32.4 Å². The molecule has 1 aromatic heterocycles. The smallest absolute Gasteiger partial charge is 0.374 e. The van der Waals surface area contributed by atoms with Crippen molar-refractivity contribution in [1.29, 1.82) is 0 Å². The molecule has 0 bridgehead atoms. The number of furan rings is 1. The van der Waals surface area contributed by atoms with Gasteiger partial charge in [0.1, 0.15) is 5.76 Å². The maximum absolute atomic E-state index is 11.4. The predicted octanol–water partition coefficient (Wildman–Crippen LogP) is 1.33. The minimum atomic E-state index is -0.445. The van der Waals surface area contributed by atoms with Gasteiger partial charge in [0.05, 0.1) is 20.3 Å². The molecule has 1 aromatic rings. The van der Waals surface area contributed by atoms with Crippen LogP contribution in [0.2, 0.25) is 0 Å². The number of aryl methyl sites for hydroxylation is 1. The van der Waals surface area contributed by atoms with E-state index < -0.39 is 5.97 Å². The van der Waals surface area contributed by atoms with E-state index in [0.717, 1.165) is 30.7 Å². The highest BCUT2D eigenvalue weighted by molar-refractivity contribution is 5.87. The zero-order chi connectivity index (χ0) is 13.1. The molecule has 100 valence electrons. The summed E-state index contributed by atoms with van der Waals surface area (Å²) in [7, 11) is 1.34. The monoisotopic (exact) mass is 253 g/mol. The van der Waals surface area contributed by atoms with Crippen LogP contribution in [-0.2, 0) is 11.3 Å². The van der Waals surface area contributed by atoms with Crippen molar-refractivity contribution in [1.82, 2.24) is 4.90 Å². The molecule has 1 aliphatic rings. The number of methoxy groups -OCH3 is 1. The molecule has 0 radical (unpaired) electrons. The average Bonchev–Trinajstić information content (AvgIpc) is 2.95. The van der Waals surface area contributed by atoms with E-state index in [0.29, 0.717) is 6.54 Å². The van der Waals surface area contributed by atoms with Crippen molar-refractivity contribution in [3.63, 3.8) is 0 Å². The first kappa shape index (κ1) is 13.1. The van der Waals surface area contributed by atoms with Crippen molar-refractivity contribution in [2.24, 2.45) is 0 Å². The van der Waals surface area contributed by atoms with Crippen LogP contribution in [-0.4, -0.2) is 42.3 Å². The van der Waals surface area contributed by atoms with Crippen molar-refractivity contribution in [2.75, 3.05) is 20.3 Å². The average molecular weight is 253 g/mol. The van der Waals surface area contributed by atoms with Gasteiger partial charge in [-0.15, -0.1) is 0 Å². The van der Waals surface area contributed by atoms with Gasteiger partial charge in [0, 0.05) is 11.6 Å². The summed E-state index contributed by atoms with van der Waals surface area (Å²) in [6.07, 6.45) is 2.11. The molecule has 1 aliphatic heterocycles. The molecule has 1 atom stereocenters. The molecule has 2 rings (SSSR count). The largest absolute Gasteiger partial charge is 0.463 e. The fraction of sp³-hybridized carbons (Fsp3) is 0.615. The van der Waals surface area contributed by atoms with Crippen LogP contribution in [0, 0.1) is 6.92 Å². The van der Waals surface area contributed by atoms with Gasteiger partial charge in [0.15, 0.2) is 0 Å². The number of aliphatic hydroxyl groups is 1. The first-order valence-corrected chi connectivity index (χ1v) is 6.18. The van der Waals surface area contributed by atoms with Crippen molar-refractivity contribution < 1.29 is 19.1 Å². The van der Waals surface area contributed by atoms with Crippen LogP contribution in [0.5, 0.6) is 0 Å². The lowest BCUT2D eigenvalue weighted by Crippen LogP contribution is -2.31. The molecule has 0 amide bonds. The number of hydrogen-bond donors (Lipinski definition) is 1. The summed E-state index contributed by atoms with van der Waals surface area (Å²) in [4.78, 5) is 13.6. The predicted molar refractivity (Wildman–Crippen MR) is 65.3 cm³/mol. The highest BCUT2D eigenvalue weighted by Crippen LogP contribution is 2.22. The van der Waals surface area contributed by atoms with Crippen LogP contribution < -0.4 is 0 Å². The summed E-state index contributed by atoms with van der Waals surface area (Å²) in [5.74, 6) is 0.569.